The Labute approximate surface area is 148 Å². The maximum absolute atomic E-state index is 12.4. The number of nitro benzene ring substituents is 1. The second-order valence-corrected chi connectivity index (χ2v) is 5.48. The summed E-state index contributed by atoms with van der Waals surface area (Å²) >= 11 is 5.74. The van der Waals surface area contributed by atoms with Crippen molar-refractivity contribution in [1.82, 2.24) is 0 Å². The van der Waals surface area contributed by atoms with Crippen LogP contribution in [-0.2, 0) is 4.74 Å². The Kier molecular flexibility index (Phi) is 5.71. The van der Waals surface area contributed by atoms with Gasteiger partial charge in [0.05, 0.1) is 17.1 Å². The van der Waals surface area contributed by atoms with Crippen molar-refractivity contribution < 1.29 is 19.2 Å². The fraction of sp³-hybridized carbons (Fsp3) is 0.176. The van der Waals surface area contributed by atoms with Crippen LogP contribution >= 0.6 is 11.6 Å². The average molecular weight is 363 g/mol. The lowest BCUT2D eigenvalue weighted by molar-refractivity contribution is -0.384. The first kappa shape index (κ1) is 18.4. The quantitative estimate of drug-likeness (QED) is 0.492. The second-order valence-electron chi connectivity index (χ2n) is 5.08. The summed E-state index contributed by atoms with van der Waals surface area (Å²) in [5, 5.41) is 13.5. The number of halogens is 1. The largest absolute Gasteiger partial charge is 0.462 e. The fourth-order valence-electron chi connectivity index (χ4n) is 2.19. The third kappa shape index (κ3) is 4.13. The smallest absolute Gasteiger partial charge is 0.338 e. The first-order chi connectivity index (χ1) is 11.8. The number of hydrogen-bond acceptors (Lipinski definition) is 5. The summed E-state index contributed by atoms with van der Waals surface area (Å²) in [5.74, 6) is -1.04. The number of nitrogens with one attached hydrogen (secondary N) is 1. The molecule has 0 aliphatic heterocycles. The minimum Gasteiger partial charge on any atom is -0.462 e. The molecule has 130 valence electrons. The van der Waals surface area contributed by atoms with E-state index in [2.05, 4.69) is 5.32 Å². The van der Waals surface area contributed by atoms with Crippen LogP contribution in [0.5, 0.6) is 0 Å². The van der Waals surface area contributed by atoms with Crippen molar-refractivity contribution in [2.45, 2.75) is 13.8 Å². The second kappa shape index (κ2) is 7.76. The number of rotatable bonds is 5. The van der Waals surface area contributed by atoms with Crippen molar-refractivity contribution in [3.05, 3.63) is 68.2 Å². The van der Waals surface area contributed by atoms with Crippen LogP contribution in [0.4, 0.5) is 11.4 Å². The monoisotopic (exact) mass is 362 g/mol. The van der Waals surface area contributed by atoms with Crippen LogP contribution < -0.4 is 5.32 Å². The highest BCUT2D eigenvalue weighted by Crippen LogP contribution is 2.26. The number of amides is 1. The van der Waals surface area contributed by atoms with E-state index in [4.69, 9.17) is 16.3 Å². The molecule has 2 aromatic rings. The first-order valence-corrected chi connectivity index (χ1v) is 7.75. The molecule has 0 saturated heterocycles. The van der Waals surface area contributed by atoms with E-state index in [0.717, 1.165) is 6.07 Å². The van der Waals surface area contributed by atoms with Crippen molar-refractivity contribution >= 4 is 34.9 Å². The van der Waals surface area contributed by atoms with E-state index in [9.17, 15) is 19.7 Å². The Morgan fingerprint density at radius 3 is 2.64 bits per heavy atom. The number of ether oxygens (including phenoxy) is 1. The summed E-state index contributed by atoms with van der Waals surface area (Å²) < 4.78 is 4.97. The van der Waals surface area contributed by atoms with Gasteiger partial charge >= 0.3 is 5.97 Å². The van der Waals surface area contributed by atoms with Crippen molar-refractivity contribution in [3.63, 3.8) is 0 Å². The molecular formula is C17H15ClN2O5. The van der Waals surface area contributed by atoms with E-state index in [1.54, 1.807) is 32.0 Å². The molecule has 0 radical (unpaired) electrons. The van der Waals surface area contributed by atoms with Crippen LogP contribution in [0.3, 0.4) is 0 Å². The summed E-state index contributed by atoms with van der Waals surface area (Å²) in [6, 6.07) is 8.60. The van der Waals surface area contributed by atoms with Crippen molar-refractivity contribution in [2.24, 2.45) is 0 Å². The summed E-state index contributed by atoms with van der Waals surface area (Å²) in [5.41, 5.74) is 1.01. The number of carbonyl (C=O) groups excluding carboxylic acids is 2. The van der Waals surface area contributed by atoms with Gasteiger partial charge in [0.1, 0.15) is 5.02 Å². The number of hydrogen-bond donors (Lipinski definition) is 1. The molecule has 0 unspecified atom stereocenters. The van der Waals surface area contributed by atoms with Gasteiger partial charge in [-0.05, 0) is 43.7 Å². The van der Waals surface area contributed by atoms with Crippen molar-refractivity contribution in [1.29, 1.82) is 0 Å². The van der Waals surface area contributed by atoms with Crippen molar-refractivity contribution in [2.75, 3.05) is 11.9 Å². The van der Waals surface area contributed by atoms with Crippen LogP contribution in [0.1, 0.15) is 33.2 Å². The van der Waals surface area contributed by atoms with Crippen LogP contribution in [0, 0.1) is 17.0 Å². The molecule has 25 heavy (non-hydrogen) atoms. The SMILES string of the molecule is CCOC(=O)c1cccc(NC(=O)c2ccc(Cl)c([N+](=O)[O-])c2)c1C. The lowest BCUT2D eigenvalue weighted by Crippen LogP contribution is -2.15. The van der Waals surface area contributed by atoms with E-state index >= 15 is 0 Å². The maximum Gasteiger partial charge on any atom is 0.338 e. The molecule has 0 bridgehead atoms. The minimum atomic E-state index is -0.661. The minimum absolute atomic E-state index is 0.0537. The summed E-state index contributed by atoms with van der Waals surface area (Å²) in [6.07, 6.45) is 0. The molecule has 1 N–H and O–H groups in total. The molecule has 0 fully saturated rings. The van der Waals surface area contributed by atoms with Gasteiger partial charge < -0.3 is 10.1 Å². The Balaban J connectivity index is 2.30. The molecule has 0 aliphatic carbocycles. The number of esters is 1. The van der Waals surface area contributed by atoms with Crippen LogP contribution in [0.15, 0.2) is 36.4 Å². The van der Waals surface area contributed by atoms with Gasteiger partial charge in [-0.3, -0.25) is 14.9 Å². The molecule has 2 rings (SSSR count). The Morgan fingerprint density at radius 2 is 2.00 bits per heavy atom. The molecule has 2 aromatic carbocycles. The van der Waals surface area contributed by atoms with E-state index in [-0.39, 0.29) is 22.9 Å². The predicted molar refractivity (Wildman–Crippen MR) is 93.2 cm³/mol. The average Bonchev–Trinajstić information content (AvgIpc) is 2.57. The fourth-order valence-corrected chi connectivity index (χ4v) is 2.38. The zero-order valence-corrected chi connectivity index (χ0v) is 14.3. The lowest BCUT2D eigenvalue weighted by atomic mass is 10.1. The standard InChI is InChI=1S/C17H15ClN2O5/c1-3-25-17(22)12-5-4-6-14(10(12)2)19-16(21)11-7-8-13(18)15(9-11)20(23)24/h4-9H,3H2,1-2H3,(H,19,21). The van der Waals surface area contributed by atoms with Gasteiger partial charge in [-0.2, -0.15) is 0 Å². The van der Waals surface area contributed by atoms with Crippen LogP contribution in [0.2, 0.25) is 5.02 Å². The predicted octanol–water partition coefficient (Wildman–Crippen LogP) is 3.99. The molecule has 0 aromatic heterocycles. The number of anilines is 1. The molecule has 0 spiro atoms. The highest BCUT2D eigenvalue weighted by molar-refractivity contribution is 6.32. The van der Waals surface area contributed by atoms with Gasteiger partial charge in [0.2, 0.25) is 0 Å². The van der Waals surface area contributed by atoms with Crippen LogP contribution in [0.25, 0.3) is 0 Å². The summed E-state index contributed by atoms with van der Waals surface area (Å²) in [4.78, 5) is 34.5. The van der Waals surface area contributed by atoms with E-state index in [0.29, 0.717) is 16.8 Å². The van der Waals surface area contributed by atoms with Crippen LogP contribution in [-0.4, -0.2) is 23.4 Å². The highest BCUT2D eigenvalue weighted by atomic mass is 35.5. The van der Waals surface area contributed by atoms with Gasteiger partial charge in [0.15, 0.2) is 0 Å². The Hall–Kier alpha value is -2.93. The van der Waals surface area contributed by atoms with E-state index in [1.165, 1.54) is 12.1 Å². The Morgan fingerprint density at radius 1 is 1.28 bits per heavy atom. The zero-order valence-electron chi connectivity index (χ0n) is 13.5. The molecule has 0 aliphatic rings. The number of nitro groups is 1. The van der Waals surface area contributed by atoms with Gasteiger partial charge in [-0.1, -0.05) is 17.7 Å². The van der Waals surface area contributed by atoms with Gasteiger partial charge in [-0.25, -0.2) is 4.79 Å². The topological polar surface area (TPSA) is 98.5 Å². The maximum atomic E-state index is 12.4. The van der Waals surface area contributed by atoms with E-state index < -0.39 is 16.8 Å². The number of benzene rings is 2. The molecule has 7 nitrogen and oxygen atoms in total. The molecule has 1 amide bonds. The highest BCUT2D eigenvalue weighted by Gasteiger charge is 2.18. The van der Waals surface area contributed by atoms with Gasteiger partial charge in [0.25, 0.3) is 11.6 Å². The normalized spacial score (nSPS) is 10.2. The molecule has 0 heterocycles. The zero-order chi connectivity index (χ0) is 18.6. The number of carbonyl (C=O) groups is 2. The summed E-state index contributed by atoms with van der Waals surface area (Å²) in [6.45, 7) is 3.61. The Bertz CT molecular complexity index is 851. The van der Waals surface area contributed by atoms with Gasteiger partial charge in [0, 0.05) is 17.3 Å². The first-order valence-electron chi connectivity index (χ1n) is 7.37. The van der Waals surface area contributed by atoms with E-state index in [1.807, 2.05) is 0 Å². The molecule has 8 heteroatoms. The number of nitrogens with zero attached hydrogens (tertiary/aromatic N) is 1. The third-order valence-corrected chi connectivity index (χ3v) is 3.80. The van der Waals surface area contributed by atoms with Crippen molar-refractivity contribution in [3.8, 4) is 0 Å². The summed E-state index contributed by atoms with van der Waals surface area (Å²) in [7, 11) is 0. The van der Waals surface area contributed by atoms with Gasteiger partial charge in [-0.15, -0.1) is 0 Å². The third-order valence-electron chi connectivity index (χ3n) is 3.48. The molecular weight excluding hydrogens is 348 g/mol. The molecule has 0 saturated carbocycles. The lowest BCUT2D eigenvalue weighted by Gasteiger charge is -2.12. The molecule has 0 atom stereocenters.